The number of phenols is 1. The number of fused-ring (bicyclic) bond motifs is 1. The van der Waals surface area contributed by atoms with E-state index >= 15 is 0 Å². The first kappa shape index (κ1) is 20.7. The number of aromatic hydroxyl groups is 1. The molecule has 0 unspecified atom stereocenters. The summed E-state index contributed by atoms with van der Waals surface area (Å²) in [5.74, 6) is -0.132. The van der Waals surface area contributed by atoms with Crippen molar-refractivity contribution in [3.8, 4) is 5.75 Å². The van der Waals surface area contributed by atoms with Crippen molar-refractivity contribution >= 4 is 12.0 Å². The highest BCUT2D eigenvalue weighted by Crippen LogP contribution is 2.46. The molecule has 28 heavy (non-hydrogen) atoms. The molecule has 4 heteroatoms. The van der Waals surface area contributed by atoms with Crippen molar-refractivity contribution in [2.24, 2.45) is 5.41 Å². The van der Waals surface area contributed by atoms with Crippen LogP contribution in [0, 0.1) is 5.41 Å². The van der Waals surface area contributed by atoms with E-state index in [9.17, 15) is 9.90 Å². The topological polar surface area (TPSA) is 59.1 Å². The Kier molecular flexibility index (Phi) is 5.99. The average Bonchev–Trinajstić information content (AvgIpc) is 3.26. The molecule has 2 aliphatic rings. The van der Waals surface area contributed by atoms with Gasteiger partial charge in [-0.2, -0.15) is 0 Å². The highest BCUT2D eigenvalue weighted by atomic mass is 16.6. The van der Waals surface area contributed by atoms with Crippen LogP contribution in [0.5, 0.6) is 5.75 Å². The number of ether oxygens (including phenoxy) is 2. The predicted molar refractivity (Wildman–Crippen MR) is 111 cm³/mol. The van der Waals surface area contributed by atoms with Crippen LogP contribution in [-0.2, 0) is 14.3 Å². The van der Waals surface area contributed by atoms with Gasteiger partial charge in [0.05, 0.1) is 11.7 Å². The number of hydrogen-bond acceptors (Lipinski definition) is 4. The zero-order valence-corrected chi connectivity index (χ0v) is 17.4. The zero-order valence-electron chi connectivity index (χ0n) is 17.4. The van der Waals surface area contributed by atoms with Crippen LogP contribution in [0.3, 0.4) is 0 Å². The Morgan fingerprint density at radius 2 is 1.93 bits per heavy atom. The highest BCUT2D eigenvalue weighted by molar-refractivity contribution is 5.87. The fraction of sp³-hybridized carbons (Fsp3) is 0.542. The summed E-state index contributed by atoms with van der Waals surface area (Å²) in [5.41, 5.74) is 2.12. The van der Waals surface area contributed by atoms with E-state index in [1.165, 1.54) is 11.6 Å². The summed E-state index contributed by atoms with van der Waals surface area (Å²) in [5, 5.41) is 9.35. The number of esters is 1. The Bertz CT molecular complexity index is 759. The molecule has 0 aromatic heterocycles. The monoisotopic (exact) mass is 384 g/mol. The lowest BCUT2D eigenvalue weighted by molar-refractivity contribution is -0.145. The van der Waals surface area contributed by atoms with E-state index in [0.717, 1.165) is 37.7 Å². The van der Waals surface area contributed by atoms with Crippen molar-refractivity contribution in [3.63, 3.8) is 0 Å². The normalized spacial score (nSPS) is 31.9. The number of phenolic OH excluding ortho intramolecular Hbond substituents is 1. The number of hydrogen-bond donors (Lipinski definition) is 1. The molecule has 4 nitrogen and oxygen atoms in total. The van der Waals surface area contributed by atoms with Crippen LogP contribution in [0.25, 0.3) is 6.08 Å². The van der Waals surface area contributed by atoms with Gasteiger partial charge in [-0.1, -0.05) is 37.6 Å². The van der Waals surface area contributed by atoms with Gasteiger partial charge < -0.3 is 14.6 Å². The van der Waals surface area contributed by atoms with Gasteiger partial charge >= 0.3 is 5.97 Å². The molecular formula is C24H32O4. The van der Waals surface area contributed by atoms with Crippen LogP contribution >= 0.6 is 0 Å². The van der Waals surface area contributed by atoms with E-state index in [-0.39, 0.29) is 34.9 Å². The molecule has 0 amide bonds. The number of carbonyl (C=O) groups excluding carboxylic acids is 1. The van der Waals surface area contributed by atoms with Crippen molar-refractivity contribution < 1.29 is 19.4 Å². The van der Waals surface area contributed by atoms with Crippen LogP contribution in [0.1, 0.15) is 65.4 Å². The molecule has 152 valence electrons. The number of rotatable bonds is 3. The summed E-state index contributed by atoms with van der Waals surface area (Å²) in [4.78, 5) is 12.4. The molecule has 1 N–H and O–H groups in total. The summed E-state index contributed by atoms with van der Waals surface area (Å²) in [6, 6.07) is 6.71. The predicted octanol–water partition coefficient (Wildman–Crippen LogP) is 5.41. The van der Waals surface area contributed by atoms with E-state index in [0.29, 0.717) is 0 Å². The summed E-state index contributed by atoms with van der Waals surface area (Å²) in [6.45, 7) is 8.79. The Balaban J connectivity index is 1.68. The van der Waals surface area contributed by atoms with E-state index < -0.39 is 0 Å². The smallest absolute Gasteiger partial charge is 0.331 e. The first-order valence-electron chi connectivity index (χ1n) is 10.2. The maximum Gasteiger partial charge on any atom is 0.331 e. The quantitative estimate of drug-likeness (QED) is 0.327. The fourth-order valence-electron chi connectivity index (χ4n) is 4.01. The molecule has 1 fully saturated rings. The van der Waals surface area contributed by atoms with Gasteiger partial charge in [0.15, 0.2) is 0 Å². The fourth-order valence-corrected chi connectivity index (χ4v) is 4.01. The van der Waals surface area contributed by atoms with Gasteiger partial charge in [-0.05, 0) is 68.7 Å². The minimum atomic E-state index is -0.337. The van der Waals surface area contributed by atoms with Crippen LogP contribution in [-0.4, -0.2) is 28.9 Å². The Morgan fingerprint density at radius 1 is 1.21 bits per heavy atom. The van der Waals surface area contributed by atoms with Crippen LogP contribution < -0.4 is 0 Å². The van der Waals surface area contributed by atoms with E-state index in [1.807, 2.05) is 0 Å². The van der Waals surface area contributed by atoms with E-state index in [4.69, 9.17) is 9.47 Å². The largest absolute Gasteiger partial charge is 0.508 e. The SMILES string of the molecule is C/C1=C\CC(C)(C)C[C@@H](OC(=O)/C=C\c2ccc(O)cc2)C[C@@]2(C)O[C@@H]2CC1. The van der Waals surface area contributed by atoms with Gasteiger partial charge in [-0.3, -0.25) is 0 Å². The first-order valence-corrected chi connectivity index (χ1v) is 10.2. The molecule has 0 spiro atoms. The molecule has 3 rings (SSSR count). The maximum absolute atomic E-state index is 12.4. The minimum Gasteiger partial charge on any atom is -0.508 e. The zero-order chi connectivity index (χ0) is 20.4. The number of benzene rings is 1. The van der Waals surface area contributed by atoms with Crippen LogP contribution in [0.4, 0.5) is 0 Å². The average molecular weight is 385 g/mol. The molecule has 1 aliphatic carbocycles. The maximum atomic E-state index is 12.4. The number of carbonyl (C=O) groups is 1. The van der Waals surface area contributed by atoms with Gasteiger partial charge in [0.2, 0.25) is 0 Å². The highest BCUT2D eigenvalue weighted by Gasteiger charge is 2.53. The Labute approximate surface area is 168 Å². The molecule has 1 saturated heterocycles. The van der Waals surface area contributed by atoms with E-state index in [2.05, 4.69) is 33.8 Å². The molecule has 1 aromatic carbocycles. The lowest BCUT2D eigenvalue weighted by atomic mass is 9.81. The van der Waals surface area contributed by atoms with Crippen LogP contribution in [0.2, 0.25) is 0 Å². The van der Waals surface area contributed by atoms with Gasteiger partial charge in [0, 0.05) is 12.5 Å². The lowest BCUT2D eigenvalue weighted by Gasteiger charge is -2.29. The molecule has 1 aromatic rings. The molecule has 1 heterocycles. The van der Waals surface area contributed by atoms with Gasteiger partial charge in [0.25, 0.3) is 0 Å². The van der Waals surface area contributed by atoms with Gasteiger partial charge in [0.1, 0.15) is 11.9 Å². The minimum absolute atomic E-state index is 0.0535. The molecule has 0 bridgehead atoms. The second-order valence-corrected chi connectivity index (χ2v) is 9.27. The van der Waals surface area contributed by atoms with Crippen molar-refractivity contribution in [2.45, 2.75) is 77.6 Å². The van der Waals surface area contributed by atoms with Crippen molar-refractivity contribution in [1.29, 1.82) is 0 Å². The third-order valence-electron chi connectivity index (χ3n) is 5.84. The summed E-state index contributed by atoms with van der Waals surface area (Å²) in [7, 11) is 0. The standard InChI is InChI=1S/C24H32O4/c1-17-5-11-21-24(4,28-21)16-20(15-23(2,3)14-13-17)27-22(26)12-8-18-6-9-19(25)10-7-18/h6-10,12-13,20-21,25H,5,11,14-16H2,1-4H3/b12-8-,17-13+/t20-,21-,24-/m1/s1. The van der Waals surface area contributed by atoms with Crippen molar-refractivity contribution in [1.82, 2.24) is 0 Å². The molecule has 3 atom stereocenters. The summed E-state index contributed by atoms with van der Waals surface area (Å²) >= 11 is 0. The summed E-state index contributed by atoms with van der Waals surface area (Å²) in [6.07, 6.45) is 10.2. The number of allylic oxidation sites excluding steroid dienone is 2. The van der Waals surface area contributed by atoms with Crippen LogP contribution in [0.15, 0.2) is 42.0 Å². The third-order valence-corrected chi connectivity index (χ3v) is 5.84. The Morgan fingerprint density at radius 3 is 2.64 bits per heavy atom. The molecule has 0 radical (unpaired) electrons. The molecule has 1 aliphatic heterocycles. The molecular weight excluding hydrogens is 352 g/mol. The van der Waals surface area contributed by atoms with Crippen molar-refractivity contribution in [3.05, 3.63) is 47.6 Å². The van der Waals surface area contributed by atoms with Gasteiger partial charge in [-0.15, -0.1) is 0 Å². The summed E-state index contributed by atoms with van der Waals surface area (Å²) < 4.78 is 11.8. The van der Waals surface area contributed by atoms with Crippen molar-refractivity contribution in [2.75, 3.05) is 0 Å². The Hall–Kier alpha value is -2.07. The van der Waals surface area contributed by atoms with Gasteiger partial charge in [-0.25, -0.2) is 4.79 Å². The number of epoxide rings is 1. The second-order valence-electron chi connectivity index (χ2n) is 9.27. The molecule has 0 saturated carbocycles. The third kappa shape index (κ3) is 5.71. The lowest BCUT2D eigenvalue weighted by Crippen LogP contribution is -2.29. The van der Waals surface area contributed by atoms with E-state index in [1.54, 1.807) is 30.3 Å². The first-order chi connectivity index (χ1) is 13.2. The second kappa shape index (κ2) is 8.12.